The van der Waals surface area contributed by atoms with Crippen LogP contribution < -0.4 is 0 Å². The highest BCUT2D eigenvalue weighted by Crippen LogP contribution is 2.47. The Morgan fingerprint density at radius 2 is 2.00 bits per heavy atom. The van der Waals surface area contributed by atoms with E-state index >= 15 is 0 Å². The largest absolute Gasteiger partial charge is 0.460 e. The number of Topliss-reactive ketones (excluding diaryl/α,β-unsaturated/α-hetero) is 1. The molecule has 0 aromatic heterocycles. The predicted molar refractivity (Wildman–Crippen MR) is 95.2 cm³/mol. The van der Waals surface area contributed by atoms with Crippen LogP contribution in [0.4, 0.5) is 0 Å². The third kappa shape index (κ3) is 4.61. The van der Waals surface area contributed by atoms with Crippen molar-refractivity contribution in [2.24, 2.45) is 5.41 Å². The van der Waals surface area contributed by atoms with Gasteiger partial charge >= 0.3 is 11.9 Å². The monoisotopic (exact) mass is 364 g/mol. The van der Waals surface area contributed by atoms with E-state index in [-0.39, 0.29) is 25.0 Å². The highest BCUT2D eigenvalue weighted by Gasteiger charge is 2.58. The third-order valence-corrected chi connectivity index (χ3v) is 5.05. The Morgan fingerprint density at radius 1 is 1.31 bits per heavy atom. The van der Waals surface area contributed by atoms with E-state index in [0.717, 1.165) is 18.4 Å². The number of ether oxygens (including phenoxy) is 2. The fourth-order valence-electron chi connectivity index (χ4n) is 3.69. The van der Waals surface area contributed by atoms with Crippen molar-refractivity contribution in [1.29, 1.82) is 0 Å². The lowest BCUT2D eigenvalue weighted by atomic mass is 9.66. The van der Waals surface area contributed by atoms with Gasteiger partial charge in [0.15, 0.2) is 0 Å². The summed E-state index contributed by atoms with van der Waals surface area (Å²) in [5.74, 6) is -1.17. The maximum atomic E-state index is 12.7. The second-order valence-corrected chi connectivity index (χ2v) is 7.62. The molecular weight excluding hydrogens is 336 g/mol. The number of hydrogen-bond donors (Lipinski definition) is 1. The molecule has 1 unspecified atom stereocenters. The van der Waals surface area contributed by atoms with E-state index in [1.165, 1.54) is 12.5 Å². The molecule has 1 aliphatic carbocycles. The standard InChI is InChI=1S/C20H28O6/c1-12(2)6-5-7-13(3)8-18-20(11-19(24)26-18)10-16(25-14(4)21)15(22)9-17(20)23/h6,8,15-16,18,22H,5,7,9-11H2,1-4H3/b13-8+/t15-,16-,18+,20?/m0/s1. The summed E-state index contributed by atoms with van der Waals surface area (Å²) in [6.45, 7) is 7.28. The van der Waals surface area contributed by atoms with Crippen LogP contribution in [0.5, 0.6) is 0 Å². The van der Waals surface area contributed by atoms with Gasteiger partial charge < -0.3 is 14.6 Å². The van der Waals surface area contributed by atoms with Crippen molar-refractivity contribution in [2.75, 3.05) is 0 Å². The Bertz CT molecular complexity index is 643. The van der Waals surface area contributed by atoms with Crippen LogP contribution in [0.1, 0.15) is 59.8 Å². The summed E-state index contributed by atoms with van der Waals surface area (Å²) in [5, 5.41) is 10.1. The van der Waals surface area contributed by atoms with Gasteiger partial charge in [0, 0.05) is 19.8 Å². The molecule has 1 heterocycles. The zero-order chi connectivity index (χ0) is 19.5. The number of rotatable bonds is 5. The lowest BCUT2D eigenvalue weighted by molar-refractivity contribution is -0.166. The Labute approximate surface area is 154 Å². The van der Waals surface area contributed by atoms with Crippen LogP contribution in [0.3, 0.4) is 0 Å². The fourth-order valence-corrected chi connectivity index (χ4v) is 3.69. The minimum Gasteiger partial charge on any atom is -0.460 e. The molecule has 0 aromatic rings. The third-order valence-electron chi connectivity index (χ3n) is 5.05. The lowest BCUT2D eigenvalue weighted by Crippen LogP contribution is -2.51. The van der Waals surface area contributed by atoms with E-state index in [1.807, 2.05) is 26.8 Å². The van der Waals surface area contributed by atoms with Crippen LogP contribution in [0.15, 0.2) is 23.3 Å². The molecule has 4 atom stereocenters. The highest BCUT2D eigenvalue weighted by atomic mass is 16.6. The Morgan fingerprint density at radius 3 is 2.62 bits per heavy atom. The second-order valence-electron chi connectivity index (χ2n) is 7.62. The van der Waals surface area contributed by atoms with Crippen LogP contribution >= 0.6 is 0 Å². The van der Waals surface area contributed by atoms with Crippen molar-refractivity contribution in [3.63, 3.8) is 0 Å². The zero-order valence-electron chi connectivity index (χ0n) is 15.9. The molecule has 0 aromatic carbocycles. The van der Waals surface area contributed by atoms with Crippen LogP contribution in [-0.4, -0.2) is 41.1 Å². The van der Waals surface area contributed by atoms with E-state index in [9.17, 15) is 19.5 Å². The molecule has 2 aliphatic rings. The van der Waals surface area contributed by atoms with E-state index in [0.29, 0.717) is 0 Å². The molecule has 6 heteroatoms. The number of ketones is 1. The van der Waals surface area contributed by atoms with Crippen LogP contribution in [0.2, 0.25) is 0 Å². The van der Waals surface area contributed by atoms with Crippen LogP contribution in [0, 0.1) is 5.41 Å². The molecule has 1 saturated carbocycles. The molecule has 0 radical (unpaired) electrons. The molecule has 1 aliphatic heterocycles. The summed E-state index contributed by atoms with van der Waals surface area (Å²) in [6, 6.07) is 0. The van der Waals surface area contributed by atoms with Gasteiger partial charge in [0.25, 0.3) is 0 Å². The number of esters is 2. The van der Waals surface area contributed by atoms with Gasteiger partial charge in [-0.2, -0.15) is 0 Å². The maximum Gasteiger partial charge on any atom is 0.307 e. The average molecular weight is 364 g/mol. The number of cyclic esters (lactones) is 1. The molecule has 2 fully saturated rings. The first-order valence-electron chi connectivity index (χ1n) is 9.03. The molecule has 1 saturated heterocycles. The smallest absolute Gasteiger partial charge is 0.307 e. The first-order chi connectivity index (χ1) is 12.1. The summed E-state index contributed by atoms with van der Waals surface area (Å²) < 4.78 is 10.6. The molecule has 1 N–H and O–H groups in total. The summed E-state index contributed by atoms with van der Waals surface area (Å²) in [6.07, 6.45) is 3.03. The van der Waals surface area contributed by atoms with E-state index in [4.69, 9.17) is 9.47 Å². The SMILES string of the molecule is CC(=O)O[C@H]1CC2(CC(=O)O[C@@H]2/C=C(\C)CCC=C(C)C)C(=O)C[C@@H]1O. The van der Waals surface area contributed by atoms with Crippen LogP contribution in [-0.2, 0) is 23.9 Å². The van der Waals surface area contributed by atoms with Gasteiger partial charge in [-0.15, -0.1) is 0 Å². The van der Waals surface area contributed by atoms with Gasteiger partial charge in [-0.1, -0.05) is 17.2 Å². The molecule has 2 rings (SSSR count). The van der Waals surface area contributed by atoms with Gasteiger partial charge in [-0.25, -0.2) is 0 Å². The minimum absolute atomic E-state index is 0.0429. The number of hydrogen-bond acceptors (Lipinski definition) is 6. The lowest BCUT2D eigenvalue weighted by Gasteiger charge is -2.39. The van der Waals surface area contributed by atoms with Gasteiger partial charge in [0.2, 0.25) is 0 Å². The average Bonchev–Trinajstić information content (AvgIpc) is 2.80. The predicted octanol–water partition coefficient (Wildman–Crippen LogP) is 2.64. The summed E-state index contributed by atoms with van der Waals surface area (Å²) in [4.78, 5) is 36.0. The first kappa shape index (κ1) is 20.4. The van der Waals surface area contributed by atoms with Gasteiger partial charge in [0.05, 0.1) is 17.9 Å². The zero-order valence-corrected chi connectivity index (χ0v) is 15.9. The summed E-state index contributed by atoms with van der Waals surface area (Å²) in [7, 11) is 0. The molecule has 1 spiro atoms. The number of aliphatic hydroxyl groups excluding tert-OH is 1. The highest BCUT2D eigenvalue weighted by molar-refractivity contribution is 5.93. The number of carbonyl (C=O) groups excluding carboxylic acids is 3. The van der Waals surface area contributed by atoms with Crippen molar-refractivity contribution < 1.29 is 29.0 Å². The molecule has 0 amide bonds. The quantitative estimate of drug-likeness (QED) is 0.596. The second kappa shape index (κ2) is 8.16. The molecular formula is C20H28O6. The normalized spacial score (nSPS) is 31.7. The Hall–Kier alpha value is -1.95. The van der Waals surface area contributed by atoms with E-state index in [2.05, 4.69) is 6.08 Å². The Balaban J connectivity index is 2.22. The Kier molecular flexibility index (Phi) is 6.39. The molecule has 6 nitrogen and oxygen atoms in total. The van der Waals surface area contributed by atoms with E-state index < -0.39 is 35.7 Å². The molecule has 0 bridgehead atoms. The summed E-state index contributed by atoms with van der Waals surface area (Å²) >= 11 is 0. The maximum absolute atomic E-state index is 12.7. The van der Waals surface area contributed by atoms with Gasteiger partial charge in [0.1, 0.15) is 18.0 Å². The number of aliphatic hydroxyl groups is 1. The van der Waals surface area contributed by atoms with Gasteiger partial charge in [-0.3, -0.25) is 14.4 Å². The summed E-state index contributed by atoms with van der Waals surface area (Å²) in [5.41, 5.74) is 1.21. The van der Waals surface area contributed by atoms with Crippen molar-refractivity contribution in [3.8, 4) is 0 Å². The first-order valence-corrected chi connectivity index (χ1v) is 9.03. The molecule has 144 valence electrons. The van der Waals surface area contributed by atoms with Crippen molar-refractivity contribution in [2.45, 2.75) is 78.1 Å². The minimum atomic E-state index is -1.06. The van der Waals surface area contributed by atoms with Crippen molar-refractivity contribution in [3.05, 3.63) is 23.3 Å². The van der Waals surface area contributed by atoms with Crippen molar-refractivity contribution in [1.82, 2.24) is 0 Å². The van der Waals surface area contributed by atoms with Crippen molar-refractivity contribution >= 4 is 17.7 Å². The van der Waals surface area contributed by atoms with Gasteiger partial charge in [-0.05, 0) is 39.7 Å². The molecule has 26 heavy (non-hydrogen) atoms. The number of carbonyl (C=O) groups is 3. The van der Waals surface area contributed by atoms with E-state index in [1.54, 1.807) is 0 Å². The topological polar surface area (TPSA) is 89.9 Å². The van der Waals surface area contributed by atoms with Crippen LogP contribution in [0.25, 0.3) is 0 Å². The fraction of sp³-hybridized carbons (Fsp3) is 0.650. The number of allylic oxidation sites excluding steroid dienone is 3.